The summed E-state index contributed by atoms with van der Waals surface area (Å²) in [5, 5.41) is 7.67. The molecule has 0 unspecified atom stereocenters. The van der Waals surface area contributed by atoms with Crippen molar-refractivity contribution in [1.82, 2.24) is 9.78 Å². The number of anilines is 1. The molecule has 3 N–H and O–H groups in total. The molecule has 0 spiro atoms. The van der Waals surface area contributed by atoms with Gasteiger partial charge in [-0.05, 0) is 18.2 Å². The van der Waals surface area contributed by atoms with Crippen molar-refractivity contribution in [2.45, 2.75) is 0 Å². The van der Waals surface area contributed by atoms with Crippen LogP contribution in [0.1, 0.15) is 0 Å². The van der Waals surface area contributed by atoms with E-state index in [0.717, 1.165) is 16.9 Å². The Morgan fingerprint density at radius 2 is 1.91 bits per heavy atom. The molecule has 2 aromatic carbocycles. The third kappa shape index (κ3) is 2.84. The number of halogens is 1. The molecule has 0 amide bonds. The van der Waals surface area contributed by atoms with Gasteiger partial charge in [0.15, 0.2) is 0 Å². The standard InChI is InChI=1S/C17H17FN4/c18-14-7-4-8-15(11-14)22-17(13-5-2-1-3-6-13)16(12-21-22)20-10-9-19/h1-8,11-12,20H,9-10,19H2. The van der Waals surface area contributed by atoms with Crippen LogP contribution in [-0.4, -0.2) is 22.9 Å². The average molecular weight is 296 g/mol. The van der Waals surface area contributed by atoms with Crippen molar-refractivity contribution >= 4 is 5.69 Å². The van der Waals surface area contributed by atoms with Crippen molar-refractivity contribution in [2.75, 3.05) is 18.4 Å². The monoisotopic (exact) mass is 296 g/mol. The van der Waals surface area contributed by atoms with Crippen LogP contribution in [0.4, 0.5) is 10.1 Å². The predicted octanol–water partition coefficient (Wildman–Crippen LogP) is 3.05. The van der Waals surface area contributed by atoms with Gasteiger partial charge in [0.2, 0.25) is 0 Å². The summed E-state index contributed by atoms with van der Waals surface area (Å²) in [7, 11) is 0. The summed E-state index contributed by atoms with van der Waals surface area (Å²) >= 11 is 0. The largest absolute Gasteiger partial charge is 0.381 e. The summed E-state index contributed by atoms with van der Waals surface area (Å²) in [5.41, 5.74) is 9.01. The van der Waals surface area contributed by atoms with Crippen LogP contribution in [0.5, 0.6) is 0 Å². The predicted molar refractivity (Wildman–Crippen MR) is 86.5 cm³/mol. The van der Waals surface area contributed by atoms with Crippen LogP contribution in [0.15, 0.2) is 60.8 Å². The van der Waals surface area contributed by atoms with E-state index in [1.54, 1.807) is 16.9 Å². The fraction of sp³-hybridized carbons (Fsp3) is 0.118. The maximum atomic E-state index is 13.5. The molecule has 0 fully saturated rings. The minimum atomic E-state index is -0.288. The van der Waals surface area contributed by atoms with Crippen molar-refractivity contribution in [2.24, 2.45) is 5.73 Å². The normalized spacial score (nSPS) is 10.6. The summed E-state index contributed by atoms with van der Waals surface area (Å²) in [6.07, 6.45) is 1.74. The molecule has 3 rings (SSSR count). The van der Waals surface area contributed by atoms with Crippen molar-refractivity contribution < 1.29 is 4.39 Å². The van der Waals surface area contributed by atoms with Gasteiger partial charge in [0.05, 0.1) is 23.3 Å². The Balaban J connectivity index is 2.12. The number of hydrogen-bond donors (Lipinski definition) is 2. The van der Waals surface area contributed by atoms with Gasteiger partial charge in [-0.25, -0.2) is 9.07 Å². The van der Waals surface area contributed by atoms with E-state index in [1.165, 1.54) is 12.1 Å². The van der Waals surface area contributed by atoms with Crippen LogP contribution in [0.25, 0.3) is 16.9 Å². The molecule has 1 heterocycles. The highest BCUT2D eigenvalue weighted by atomic mass is 19.1. The minimum absolute atomic E-state index is 0.288. The number of aromatic nitrogens is 2. The molecule has 0 aliphatic heterocycles. The Morgan fingerprint density at radius 1 is 1.09 bits per heavy atom. The number of hydrogen-bond acceptors (Lipinski definition) is 3. The number of nitrogens with zero attached hydrogens (tertiary/aromatic N) is 2. The van der Waals surface area contributed by atoms with E-state index in [-0.39, 0.29) is 5.82 Å². The SMILES string of the molecule is NCCNc1cnn(-c2cccc(F)c2)c1-c1ccccc1. The average Bonchev–Trinajstić information content (AvgIpc) is 2.97. The second-order valence-electron chi connectivity index (χ2n) is 4.88. The molecular weight excluding hydrogens is 279 g/mol. The first-order chi connectivity index (χ1) is 10.8. The fourth-order valence-corrected chi connectivity index (χ4v) is 2.36. The smallest absolute Gasteiger partial charge is 0.125 e. The van der Waals surface area contributed by atoms with Gasteiger partial charge in [-0.1, -0.05) is 36.4 Å². The topological polar surface area (TPSA) is 55.9 Å². The second kappa shape index (κ2) is 6.41. The zero-order valence-electron chi connectivity index (χ0n) is 12.0. The zero-order valence-corrected chi connectivity index (χ0v) is 12.0. The van der Waals surface area contributed by atoms with E-state index >= 15 is 0 Å². The third-order valence-electron chi connectivity index (χ3n) is 3.33. The fourth-order valence-electron chi connectivity index (χ4n) is 2.36. The van der Waals surface area contributed by atoms with Gasteiger partial charge in [-0.3, -0.25) is 0 Å². The van der Waals surface area contributed by atoms with E-state index in [1.807, 2.05) is 36.4 Å². The van der Waals surface area contributed by atoms with Crippen molar-refractivity contribution in [1.29, 1.82) is 0 Å². The van der Waals surface area contributed by atoms with E-state index in [0.29, 0.717) is 18.8 Å². The highest BCUT2D eigenvalue weighted by molar-refractivity contribution is 5.76. The summed E-state index contributed by atoms with van der Waals surface area (Å²) in [6, 6.07) is 16.3. The van der Waals surface area contributed by atoms with Gasteiger partial charge < -0.3 is 11.1 Å². The zero-order chi connectivity index (χ0) is 15.4. The molecule has 0 bridgehead atoms. The lowest BCUT2D eigenvalue weighted by molar-refractivity contribution is 0.625. The summed E-state index contributed by atoms with van der Waals surface area (Å²) in [5.74, 6) is -0.288. The molecule has 0 radical (unpaired) electrons. The first-order valence-electron chi connectivity index (χ1n) is 7.13. The number of nitrogens with two attached hydrogens (primary N) is 1. The molecular formula is C17H17FN4. The number of benzene rings is 2. The molecule has 0 saturated carbocycles. The highest BCUT2D eigenvalue weighted by Crippen LogP contribution is 2.30. The van der Waals surface area contributed by atoms with Gasteiger partial charge in [-0.2, -0.15) is 5.10 Å². The third-order valence-corrected chi connectivity index (χ3v) is 3.33. The summed E-state index contributed by atoms with van der Waals surface area (Å²) < 4.78 is 15.3. The number of rotatable bonds is 5. The summed E-state index contributed by atoms with van der Waals surface area (Å²) in [4.78, 5) is 0. The Morgan fingerprint density at radius 3 is 2.64 bits per heavy atom. The first-order valence-corrected chi connectivity index (χ1v) is 7.13. The molecule has 3 aromatic rings. The van der Waals surface area contributed by atoms with Crippen LogP contribution in [0.3, 0.4) is 0 Å². The minimum Gasteiger partial charge on any atom is -0.381 e. The van der Waals surface area contributed by atoms with Gasteiger partial charge in [0.25, 0.3) is 0 Å². The maximum Gasteiger partial charge on any atom is 0.125 e. The Kier molecular flexibility index (Phi) is 4.16. The molecule has 5 heteroatoms. The first kappa shape index (κ1) is 14.3. The van der Waals surface area contributed by atoms with Gasteiger partial charge in [0.1, 0.15) is 5.82 Å². The Bertz CT molecular complexity index is 752. The maximum absolute atomic E-state index is 13.5. The van der Waals surface area contributed by atoms with Gasteiger partial charge in [0, 0.05) is 18.7 Å². The van der Waals surface area contributed by atoms with Gasteiger partial charge >= 0.3 is 0 Å². The molecule has 1 aromatic heterocycles. The van der Waals surface area contributed by atoms with Crippen LogP contribution in [-0.2, 0) is 0 Å². The lowest BCUT2D eigenvalue weighted by Crippen LogP contribution is -2.13. The van der Waals surface area contributed by atoms with Gasteiger partial charge in [-0.15, -0.1) is 0 Å². The highest BCUT2D eigenvalue weighted by Gasteiger charge is 2.14. The molecule has 0 saturated heterocycles. The van der Waals surface area contributed by atoms with Crippen LogP contribution < -0.4 is 11.1 Å². The lowest BCUT2D eigenvalue weighted by atomic mass is 10.1. The molecule has 0 atom stereocenters. The Hall–Kier alpha value is -2.66. The molecule has 0 aliphatic carbocycles. The lowest BCUT2D eigenvalue weighted by Gasteiger charge is -2.11. The molecule has 112 valence electrons. The van der Waals surface area contributed by atoms with Crippen molar-refractivity contribution in [3.05, 3.63) is 66.6 Å². The van der Waals surface area contributed by atoms with Crippen molar-refractivity contribution in [3.63, 3.8) is 0 Å². The van der Waals surface area contributed by atoms with E-state index < -0.39 is 0 Å². The second-order valence-corrected chi connectivity index (χ2v) is 4.88. The molecule has 0 aliphatic rings. The molecule has 4 nitrogen and oxygen atoms in total. The molecule has 22 heavy (non-hydrogen) atoms. The quantitative estimate of drug-likeness (QED) is 0.761. The van der Waals surface area contributed by atoms with E-state index in [4.69, 9.17) is 5.73 Å². The Labute approximate surface area is 128 Å². The van der Waals surface area contributed by atoms with Crippen LogP contribution in [0, 0.1) is 5.82 Å². The van der Waals surface area contributed by atoms with Crippen LogP contribution in [0.2, 0.25) is 0 Å². The number of nitrogens with one attached hydrogen (secondary N) is 1. The van der Waals surface area contributed by atoms with E-state index in [2.05, 4.69) is 10.4 Å². The van der Waals surface area contributed by atoms with Crippen molar-refractivity contribution in [3.8, 4) is 16.9 Å². The van der Waals surface area contributed by atoms with E-state index in [9.17, 15) is 4.39 Å². The van der Waals surface area contributed by atoms with Crippen LogP contribution >= 0.6 is 0 Å². The summed E-state index contributed by atoms with van der Waals surface area (Å²) in [6.45, 7) is 1.17.